The summed E-state index contributed by atoms with van der Waals surface area (Å²) in [5, 5.41) is 0.331. The molecule has 0 radical (unpaired) electrons. The summed E-state index contributed by atoms with van der Waals surface area (Å²) < 4.78 is 6.34. The van der Waals surface area contributed by atoms with Gasteiger partial charge in [0.25, 0.3) is 0 Å². The second-order valence-corrected chi connectivity index (χ2v) is 14.3. The topological polar surface area (TPSA) is 9.23 Å². The molecule has 0 saturated carbocycles. The van der Waals surface area contributed by atoms with Gasteiger partial charge in [-0.15, -0.1) is 0 Å². The minimum absolute atomic E-state index is 0.331. The van der Waals surface area contributed by atoms with Crippen LogP contribution in [0.4, 0.5) is 0 Å². The normalized spacial score (nSPS) is 16.1. The molecule has 0 aliphatic carbocycles. The van der Waals surface area contributed by atoms with Crippen molar-refractivity contribution in [3.8, 4) is 0 Å². The van der Waals surface area contributed by atoms with E-state index in [0.29, 0.717) is 11.0 Å². The minimum atomic E-state index is -1.56. The largest absolute Gasteiger partial charge is 0.417 e. The van der Waals surface area contributed by atoms with Crippen molar-refractivity contribution in [2.24, 2.45) is 17.8 Å². The third-order valence-electron chi connectivity index (χ3n) is 5.41. The molecule has 0 spiro atoms. The van der Waals surface area contributed by atoms with Crippen LogP contribution < -0.4 is 0 Å². The van der Waals surface area contributed by atoms with Gasteiger partial charge in [0.15, 0.2) is 8.32 Å². The lowest BCUT2D eigenvalue weighted by molar-refractivity contribution is 0.226. The van der Waals surface area contributed by atoms with Gasteiger partial charge in [-0.1, -0.05) is 80.6 Å². The highest BCUT2D eigenvalue weighted by Crippen LogP contribution is 2.36. The average Bonchev–Trinajstić information content (AvgIpc) is 2.34. The molecular weight excluding hydrogens is 284 g/mol. The molecule has 2 heteroatoms. The molecular formula is C20H44OSi. The van der Waals surface area contributed by atoms with E-state index in [4.69, 9.17) is 4.43 Å². The van der Waals surface area contributed by atoms with Gasteiger partial charge in [-0.25, -0.2) is 0 Å². The lowest BCUT2D eigenvalue weighted by Gasteiger charge is -2.37. The molecule has 134 valence electrons. The van der Waals surface area contributed by atoms with E-state index in [1.165, 1.54) is 38.5 Å². The monoisotopic (exact) mass is 328 g/mol. The second kappa shape index (κ2) is 10.1. The Morgan fingerprint density at radius 2 is 1.23 bits per heavy atom. The number of hydrogen-bond acceptors (Lipinski definition) is 1. The van der Waals surface area contributed by atoms with Crippen molar-refractivity contribution in [1.82, 2.24) is 0 Å². The predicted molar refractivity (Wildman–Crippen MR) is 104 cm³/mol. The van der Waals surface area contributed by atoms with Gasteiger partial charge in [0.2, 0.25) is 0 Å². The van der Waals surface area contributed by atoms with Crippen molar-refractivity contribution < 1.29 is 4.43 Å². The van der Waals surface area contributed by atoms with Crippen molar-refractivity contribution in [3.05, 3.63) is 0 Å². The molecule has 0 bridgehead atoms. The van der Waals surface area contributed by atoms with Crippen LogP contribution in [0.5, 0.6) is 0 Å². The molecule has 0 N–H and O–H groups in total. The number of hydrogen-bond donors (Lipinski definition) is 0. The Morgan fingerprint density at radius 1 is 0.773 bits per heavy atom. The molecule has 0 fully saturated rings. The Morgan fingerprint density at radius 3 is 1.68 bits per heavy atom. The fourth-order valence-electron chi connectivity index (χ4n) is 2.48. The number of rotatable bonds is 11. The van der Waals surface area contributed by atoms with E-state index < -0.39 is 8.32 Å². The van der Waals surface area contributed by atoms with Crippen molar-refractivity contribution in [1.29, 1.82) is 0 Å². The van der Waals surface area contributed by atoms with Crippen LogP contribution in [0.2, 0.25) is 18.1 Å². The van der Waals surface area contributed by atoms with Crippen LogP contribution >= 0.6 is 0 Å². The predicted octanol–water partition coefficient (Wildman–Crippen LogP) is 7.28. The summed E-state index contributed by atoms with van der Waals surface area (Å²) in [7, 11) is -1.56. The maximum atomic E-state index is 6.34. The smallest absolute Gasteiger partial charge is 0.191 e. The van der Waals surface area contributed by atoms with Gasteiger partial charge in [0, 0.05) is 6.61 Å². The van der Waals surface area contributed by atoms with E-state index in [1.54, 1.807) is 0 Å². The van der Waals surface area contributed by atoms with Gasteiger partial charge in [-0.3, -0.25) is 0 Å². The van der Waals surface area contributed by atoms with Crippen LogP contribution in [0.3, 0.4) is 0 Å². The highest BCUT2D eigenvalue weighted by molar-refractivity contribution is 6.74. The first-order valence-corrected chi connectivity index (χ1v) is 12.5. The Bertz CT molecular complexity index is 278. The van der Waals surface area contributed by atoms with E-state index in [0.717, 1.165) is 18.4 Å². The van der Waals surface area contributed by atoms with Gasteiger partial charge < -0.3 is 4.43 Å². The standard InChI is InChI=1S/C20H44OSi/c1-17(2)12-10-13-18(3)14-11-15-19(4)16-21-22(8,9)20(5,6)7/h17-19H,10-16H2,1-9H3/t18-,19-/m1/s1. The molecule has 1 nitrogen and oxygen atoms in total. The summed E-state index contributed by atoms with van der Waals surface area (Å²) in [5.74, 6) is 2.46. The lowest BCUT2D eigenvalue weighted by Crippen LogP contribution is -2.41. The van der Waals surface area contributed by atoms with Crippen molar-refractivity contribution >= 4 is 8.32 Å². The first kappa shape index (κ1) is 22.2. The van der Waals surface area contributed by atoms with Crippen LogP contribution in [-0.4, -0.2) is 14.9 Å². The van der Waals surface area contributed by atoms with Crippen LogP contribution in [0.25, 0.3) is 0 Å². The molecule has 0 rings (SSSR count). The Kier molecular flexibility index (Phi) is 10.2. The van der Waals surface area contributed by atoms with Crippen LogP contribution in [0.15, 0.2) is 0 Å². The summed E-state index contributed by atoms with van der Waals surface area (Å²) in [4.78, 5) is 0. The van der Waals surface area contributed by atoms with E-state index in [2.05, 4.69) is 61.6 Å². The highest BCUT2D eigenvalue weighted by atomic mass is 28.4. The van der Waals surface area contributed by atoms with Gasteiger partial charge in [-0.05, 0) is 42.3 Å². The maximum absolute atomic E-state index is 6.34. The summed E-state index contributed by atoms with van der Waals surface area (Å²) >= 11 is 0. The first-order chi connectivity index (χ1) is 9.95. The summed E-state index contributed by atoms with van der Waals surface area (Å²) in [6.45, 7) is 22.1. The lowest BCUT2D eigenvalue weighted by atomic mass is 9.94. The summed E-state index contributed by atoms with van der Waals surface area (Å²) in [6.07, 6.45) is 8.29. The molecule has 0 aliphatic rings. The SMILES string of the molecule is CC(C)CCC[C@@H](C)CCC[C@@H](C)CO[Si](C)(C)C(C)(C)C. The minimum Gasteiger partial charge on any atom is -0.417 e. The van der Waals surface area contributed by atoms with Crippen LogP contribution in [0.1, 0.15) is 87.0 Å². The van der Waals surface area contributed by atoms with Crippen LogP contribution in [0, 0.1) is 17.8 Å². The Hall–Kier alpha value is 0.177. The second-order valence-electron chi connectivity index (χ2n) is 9.54. The molecule has 0 aromatic rings. The van der Waals surface area contributed by atoms with Crippen LogP contribution in [-0.2, 0) is 4.43 Å². The zero-order valence-electron chi connectivity index (χ0n) is 17.1. The molecule has 0 amide bonds. The van der Waals surface area contributed by atoms with Gasteiger partial charge >= 0.3 is 0 Å². The van der Waals surface area contributed by atoms with E-state index in [9.17, 15) is 0 Å². The zero-order valence-corrected chi connectivity index (χ0v) is 18.1. The summed E-state index contributed by atoms with van der Waals surface area (Å²) in [6, 6.07) is 0. The quantitative estimate of drug-likeness (QED) is 0.362. The van der Waals surface area contributed by atoms with E-state index in [-0.39, 0.29) is 0 Å². The van der Waals surface area contributed by atoms with E-state index >= 15 is 0 Å². The highest BCUT2D eigenvalue weighted by Gasteiger charge is 2.37. The first-order valence-electron chi connectivity index (χ1n) is 9.59. The van der Waals surface area contributed by atoms with Gasteiger partial charge in [-0.2, -0.15) is 0 Å². The molecule has 0 unspecified atom stereocenters. The molecule has 0 heterocycles. The third kappa shape index (κ3) is 10.0. The summed E-state index contributed by atoms with van der Waals surface area (Å²) in [5.41, 5.74) is 0. The maximum Gasteiger partial charge on any atom is 0.191 e. The van der Waals surface area contributed by atoms with Crippen molar-refractivity contribution in [2.45, 2.75) is 105 Å². The van der Waals surface area contributed by atoms with Crippen molar-refractivity contribution in [3.63, 3.8) is 0 Å². The molecule has 2 atom stereocenters. The van der Waals surface area contributed by atoms with E-state index in [1.807, 2.05) is 0 Å². The molecule has 0 aliphatic heterocycles. The fourth-order valence-corrected chi connectivity index (χ4v) is 3.62. The van der Waals surface area contributed by atoms with Gasteiger partial charge in [0.05, 0.1) is 0 Å². The van der Waals surface area contributed by atoms with Gasteiger partial charge in [0.1, 0.15) is 0 Å². The molecule has 0 saturated heterocycles. The Balaban J connectivity index is 3.80. The molecule has 0 aromatic heterocycles. The third-order valence-corrected chi connectivity index (χ3v) is 9.91. The average molecular weight is 329 g/mol. The zero-order chi connectivity index (χ0) is 17.4. The Labute approximate surface area is 142 Å². The molecule has 22 heavy (non-hydrogen) atoms. The molecule has 0 aromatic carbocycles. The fraction of sp³-hybridized carbons (Fsp3) is 1.00. The van der Waals surface area contributed by atoms with Crippen molar-refractivity contribution in [2.75, 3.05) is 6.61 Å².